The first kappa shape index (κ1) is 12.6. The number of amides is 1. The van der Waals surface area contributed by atoms with E-state index < -0.39 is 5.91 Å². The highest BCUT2D eigenvalue weighted by molar-refractivity contribution is 6.31. The van der Waals surface area contributed by atoms with Crippen LogP contribution in [0.4, 0.5) is 0 Å². The Morgan fingerprint density at radius 1 is 1.33 bits per heavy atom. The van der Waals surface area contributed by atoms with Crippen molar-refractivity contribution < 1.29 is 4.79 Å². The molecule has 5 heteroatoms. The van der Waals surface area contributed by atoms with Gasteiger partial charge in [-0.2, -0.15) is 5.10 Å². The van der Waals surface area contributed by atoms with Crippen molar-refractivity contribution in [1.29, 1.82) is 0 Å². The standard InChI is InChI=1S/C13H14ClN3O/c1-8(2)17-7-11(6-16-17)9-3-10(13(15)18)5-12(14)4-9/h3-8H,1-2H3,(H2,15,18). The Hall–Kier alpha value is -1.81. The molecule has 0 unspecified atom stereocenters. The molecule has 0 bridgehead atoms. The lowest BCUT2D eigenvalue weighted by atomic mass is 10.1. The summed E-state index contributed by atoms with van der Waals surface area (Å²) in [7, 11) is 0. The Bertz CT molecular complexity index is 590. The Balaban J connectivity index is 2.46. The van der Waals surface area contributed by atoms with Crippen LogP contribution in [0.5, 0.6) is 0 Å². The number of nitrogens with two attached hydrogens (primary N) is 1. The zero-order valence-electron chi connectivity index (χ0n) is 10.2. The first-order chi connectivity index (χ1) is 8.47. The van der Waals surface area contributed by atoms with E-state index in [2.05, 4.69) is 5.10 Å². The number of carbonyl (C=O) groups excluding carboxylic acids is 1. The Morgan fingerprint density at radius 2 is 2.06 bits per heavy atom. The topological polar surface area (TPSA) is 60.9 Å². The monoisotopic (exact) mass is 263 g/mol. The van der Waals surface area contributed by atoms with E-state index in [4.69, 9.17) is 17.3 Å². The van der Waals surface area contributed by atoms with E-state index in [9.17, 15) is 4.79 Å². The number of rotatable bonds is 3. The van der Waals surface area contributed by atoms with Crippen LogP contribution in [-0.4, -0.2) is 15.7 Å². The van der Waals surface area contributed by atoms with E-state index in [0.717, 1.165) is 11.1 Å². The fourth-order valence-electron chi connectivity index (χ4n) is 1.67. The molecule has 0 saturated carbocycles. The van der Waals surface area contributed by atoms with Crippen molar-refractivity contribution in [3.05, 3.63) is 41.2 Å². The third-order valence-electron chi connectivity index (χ3n) is 2.65. The van der Waals surface area contributed by atoms with E-state index in [-0.39, 0.29) is 6.04 Å². The van der Waals surface area contributed by atoms with Crippen molar-refractivity contribution in [2.45, 2.75) is 19.9 Å². The van der Waals surface area contributed by atoms with Crippen molar-refractivity contribution in [2.24, 2.45) is 5.73 Å². The second-order valence-corrected chi connectivity index (χ2v) is 4.83. The lowest BCUT2D eigenvalue weighted by molar-refractivity contribution is 0.100. The minimum atomic E-state index is -0.491. The first-order valence-corrected chi connectivity index (χ1v) is 6.00. The predicted molar refractivity (Wildman–Crippen MR) is 71.6 cm³/mol. The predicted octanol–water partition coefficient (Wildman–Crippen LogP) is 2.88. The molecular weight excluding hydrogens is 250 g/mol. The fourth-order valence-corrected chi connectivity index (χ4v) is 1.90. The van der Waals surface area contributed by atoms with Crippen LogP contribution in [0.25, 0.3) is 11.1 Å². The van der Waals surface area contributed by atoms with Crippen molar-refractivity contribution in [3.63, 3.8) is 0 Å². The SMILES string of the molecule is CC(C)n1cc(-c2cc(Cl)cc(C(N)=O)c2)cn1. The third kappa shape index (κ3) is 2.54. The van der Waals surface area contributed by atoms with Crippen LogP contribution in [0.15, 0.2) is 30.6 Å². The van der Waals surface area contributed by atoms with Crippen LogP contribution in [0.2, 0.25) is 5.02 Å². The number of nitrogens with zero attached hydrogens (tertiary/aromatic N) is 2. The summed E-state index contributed by atoms with van der Waals surface area (Å²) in [6, 6.07) is 5.35. The maximum absolute atomic E-state index is 11.2. The molecule has 1 amide bonds. The number of aromatic nitrogens is 2. The van der Waals surface area contributed by atoms with Gasteiger partial charge in [0.1, 0.15) is 0 Å². The van der Waals surface area contributed by atoms with Crippen LogP contribution >= 0.6 is 11.6 Å². The highest BCUT2D eigenvalue weighted by Crippen LogP contribution is 2.25. The van der Waals surface area contributed by atoms with Crippen LogP contribution in [0.3, 0.4) is 0 Å². The maximum atomic E-state index is 11.2. The van der Waals surface area contributed by atoms with Crippen molar-refractivity contribution in [3.8, 4) is 11.1 Å². The van der Waals surface area contributed by atoms with Gasteiger partial charge in [0.25, 0.3) is 0 Å². The number of hydrogen-bond donors (Lipinski definition) is 1. The van der Waals surface area contributed by atoms with Gasteiger partial charge in [0.05, 0.1) is 6.20 Å². The zero-order chi connectivity index (χ0) is 13.3. The first-order valence-electron chi connectivity index (χ1n) is 5.62. The molecule has 0 spiro atoms. The molecule has 0 radical (unpaired) electrons. The third-order valence-corrected chi connectivity index (χ3v) is 2.86. The summed E-state index contributed by atoms with van der Waals surface area (Å²) in [6.45, 7) is 4.09. The van der Waals surface area contributed by atoms with Gasteiger partial charge >= 0.3 is 0 Å². The molecule has 0 fully saturated rings. The summed E-state index contributed by atoms with van der Waals surface area (Å²) in [6.07, 6.45) is 3.66. The van der Waals surface area contributed by atoms with E-state index in [0.29, 0.717) is 10.6 Å². The van der Waals surface area contributed by atoms with E-state index in [1.165, 1.54) is 0 Å². The summed E-state index contributed by atoms with van der Waals surface area (Å²) in [4.78, 5) is 11.2. The Kier molecular flexibility index (Phi) is 3.39. The van der Waals surface area contributed by atoms with Gasteiger partial charge in [-0.25, -0.2) is 0 Å². The van der Waals surface area contributed by atoms with Crippen LogP contribution in [0, 0.1) is 0 Å². The molecule has 2 aromatic rings. The molecule has 0 atom stereocenters. The number of hydrogen-bond acceptors (Lipinski definition) is 2. The van der Waals surface area contributed by atoms with Crippen molar-refractivity contribution in [1.82, 2.24) is 9.78 Å². The second kappa shape index (κ2) is 4.82. The van der Waals surface area contributed by atoms with Crippen molar-refractivity contribution in [2.75, 3.05) is 0 Å². The summed E-state index contributed by atoms with van der Waals surface area (Å²) >= 11 is 5.98. The minimum absolute atomic E-state index is 0.286. The smallest absolute Gasteiger partial charge is 0.248 e. The summed E-state index contributed by atoms with van der Waals surface area (Å²) in [5.41, 5.74) is 7.41. The molecule has 2 rings (SSSR count). The molecule has 1 aromatic heterocycles. The molecule has 0 aliphatic carbocycles. The minimum Gasteiger partial charge on any atom is -0.366 e. The normalized spacial score (nSPS) is 10.9. The molecule has 0 saturated heterocycles. The van der Waals surface area contributed by atoms with E-state index >= 15 is 0 Å². The number of halogens is 1. The second-order valence-electron chi connectivity index (χ2n) is 4.40. The summed E-state index contributed by atoms with van der Waals surface area (Å²) in [5.74, 6) is -0.491. The van der Waals surface area contributed by atoms with Crippen LogP contribution in [-0.2, 0) is 0 Å². The average molecular weight is 264 g/mol. The highest BCUT2D eigenvalue weighted by Gasteiger charge is 2.08. The zero-order valence-corrected chi connectivity index (χ0v) is 11.0. The maximum Gasteiger partial charge on any atom is 0.248 e. The highest BCUT2D eigenvalue weighted by atomic mass is 35.5. The van der Waals surface area contributed by atoms with Gasteiger partial charge in [0.15, 0.2) is 0 Å². The van der Waals surface area contributed by atoms with E-state index in [1.807, 2.05) is 24.7 Å². The number of benzene rings is 1. The molecule has 0 aliphatic rings. The molecule has 4 nitrogen and oxygen atoms in total. The molecule has 1 aromatic carbocycles. The van der Waals surface area contributed by atoms with Gasteiger partial charge < -0.3 is 5.73 Å². The lowest BCUT2D eigenvalue weighted by Crippen LogP contribution is -2.10. The van der Waals surface area contributed by atoms with Gasteiger partial charge in [0, 0.05) is 28.4 Å². The molecule has 0 aliphatic heterocycles. The Labute approximate surface area is 110 Å². The van der Waals surface area contributed by atoms with Gasteiger partial charge in [-0.1, -0.05) is 11.6 Å². The average Bonchev–Trinajstić information content (AvgIpc) is 2.77. The number of carbonyl (C=O) groups is 1. The molecule has 1 heterocycles. The van der Waals surface area contributed by atoms with Gasteiger partial charge in [-0.15, -0.1) is 0 Å². The molecule has 2 N–H and O–H groups in total. The lowest BCUT2D eigenvalue weighted by Gasteiger charge is -2.04. The van der Waals surface area contributed by atoms with Crippen LogP contribution < -0.4 is 5.73 Å². The van der Waals surface area contributed by atoms with Gasteiger partial charge in [0.2, 0.25) is 5.91 Å². The summed E-state index contributed by atoms with van der Waals surface area (Å²) < 4.78 is 1.85. The quantitative estimate of drug-likeness (QED) is 0.926. The van der Waals surface area contributed by atoms with Gasteiger partial charge in [-0.3, -0.25) is 9.48 Å². The molecule has 18 heavy (non-hydrogen) atoms. The van der Waals surface area contributed by atoms with Crippen LogP contribution in [0.1, 0.15) is 30.2 Å². The summed E-state index contributed by atoms with van der Waals surface area (Å²) in [5, 5.41) is 4.74. The van der Waals surface area contributed by atoms with E-state index in [1.54, 1.807) is 24.4 Å². The van der Waals surface area contributed by atoms with Gasteiger partial charge in [-0.05, 0) is 37.6 Å². The fraction of sp³-hybridized carbons (Fsp3) is 0.231. The molecule has 94 valence electrons. The number of primary amides is 1. The Morgan fingerprint density at radius 3 is 2.61 bits per heavy atom. The van der Waals surface area contributed by atoms with Crippen molar-refractivity contribution >= 4 is 17.5 Å². The molecular formula is C13H14ClN3O. The largest absolute Gasteiger partial charge is 0.366 e.